The van der Waals surface area contributed by atoms with Gasteiger partial charge in [-0.05, 0) is 53.6 Å². The lowest BCUT2D eigenvalue weighted by Gasteiger charge is -2.28. The number of pyridine rings is 1. The molecule has 3 nitrogen and oxygen atoms in total. The van der Waals surface area contributed by atoms with E-state index in [4.69, 9.17) is 0 Å². The van der Waals surface area contributed by atoms with Crippen molar-refractivity contribution in [1.82, 2.24) is 4.98 Å². The van der Waals surface area contributed by atoms with E-state index in [0.29, 0.717) is 6.42 Å². The Bertz CT molecular complexity index is 722. The van der Waals surface area contributed by atoms with Gasteiger partial charge in [0.05, 0.1) is 5.69 Å². The quantitative estimate of drug-likeness (QED) is 0.845. The molecular weight excluding hydrogens is 260 g/mol. The van der Waals surface area contributed by atoms with Crippen LogP contribution < -0.4 is 4.90 Å². The summed E-state index contributed by atoms with van der Waals surface area (Å²) in [4.78, 5) is 18.4. The molecule has 2 aliphatic rings. The second kappa shape index (κ2) is 4.69. The molecule has 3 heteroatoms. The average molecular weight is 278 g/mol. The third-order valence-corrected chi connectivity index (χ3v) is 4.69. The first-order valence-corrected chi connectivity index (χ1v) is 7.68. The van der Waals surface area contributed by atoms with E-state index in [1.54, 1.807) is 0 Å². The van der Waals surface area contributed by atoms with Crippen molar-refractivity contribution < 1.29 is 4.79 Å². The van der Waals surface area contributed by atoms with Crippen molar-refractivity contribution in [3.8, 4) is 11.1 Å². The maximum absolute atomic E-state index is 12.1. The highest BCUT2D eigenvalue weighted by atomic mass is 16.2. The summed E-state index contributed by atoms with van der Waals surface area (Å²) in [5.41, 5.74) is 7.82. The molecule has 0 fully saturated rings. The molecule has 0 bridgehead atoms. The van der Waals surface area contributed by atoms with Gasteiger partial charge in [0.15, 0.2) is 0 Å². The van der Waals surface area contributed by atoms with Crippen LogP contribution in [0.4, 0.5) is 5.69 Å². The molecule has 1 amide bonds. The first-order valence-electron chi connectivity index (χ1n) is 7.68. The van der Waals surface area contributed by atoms with Crippen molar-refractivity contribution in [2.24, 2.45) is 0 Å². The Balaban J connectivity index is 1.98. The molecule has 0 aliphatic carbocycles. The summed E-state index contributed by atoms with van der Waals surface area (Å²) < 4.78 is 0. The molecule has 4 rings (SSSR count). The van der Waals surface area contributed by atoms with Crippen LogP contribution in [-0.4, -0.2) is 17.4 Å². The Kier molecular flexibility index (Phi) is 2.81. The SMILES string of the molecule is CCc1c(-c2cccnc2)cc2c3c1CCC(=O)N3CC2. The Morgan fingerprint density at radius 2 is 2.19 bits per heavy atom. The molecule has 1 aromatic heterocycles. The molecule has 0 N–H and O–H groups in total. The standard InChI is InChI=1S/C18H18N2O/c1-2-14-15-5-6-17(21)20-9-7-12(18(15)20)10-16(14)13-4-3-8-19-11-13/h3-4,8,10-11H,2,5-7,9H2,1H3. The number of anilines is 1. The van der Waals surface area contributed by atoms with Gasteiger partial charge in [-0.3, -0.25) is 9.78 Å². The summed E-state index contributed by atoms with van der Waals surface area (Å²) in [6.07, 6.45) is 7.26. The highest BCUT2D eigenvalue weighted by Gasteiger charge is 2.33. The van der Waals surface area contributed by atoms with E-state index in [2.05, 4.69) is 24.0 Å². The van der Waals surface area contributed by atoms with Gasteiger partial charge in [0.2, 0.25) is 5.91 Å². The monoisotopic (exact) mass is 278 g/mol. The van der Waals surface area contributed by atoms with Crippen LogP contribution in [-0.2, 0) is 24.1 Å². The van der Waals surface area contributed by atoms with Gasteiger partial charge in [-0.2, -0.15) is 0 Å². The number of carbonyl (C=O) groups is 1. The number of carbonyl (C=O) groups excluding carboxylic acids is 1. The minimum Gasteiger partial charge on any atom is -0.312 e. The Morgan fingerprint density at radius 3 is 2.95 bits per heavy atom. The third kappa shape index (κ3) is 1.80. The topological polar surface area (TPSA) is 33.2 Å². The number of aromatic nitrogens is 1. The van der Waals surface area contributed by atoms with E-state index in [-0.39, 0.29) is 5.91 Å². The van der Waals surface area contributed by atoms with Gasteiger partial charge in [-0.25, -0.2) is 0 Å². The van der Waals surface area contributed by atoms with Gasteiger partial charge in [0.25, 0.3) is 0 Å². The number of nitrogens with zero attached hydrogens (tertiary/aromatic N) is 2. The smallest absolute Gasteiger partial charge is 0.227 e. The van der Waals surface area contributed by atoms with Crippen LogP contribution in [0.3, 0.4) is 0 Å². The first kappa shape index (κ1) is 12.6. The average Bonchev–Trinajstić information content (AvgIpc) is 2.96. The fraction of sp³-hybridized carbons (Fsp3) is 0.333. The lowest BCUT2D eigenvalue weighted by atomic mass is 9.87. The minimum atomic E-state index is 0.289. The molecular formula is C18H18N2O. The van der Waals surface area contributed by atoms with Crippen molar-refractivity contribution >= 4 is 11.6 Å². The third-order valence-electron chi connectivity index (χ3n) is 4.69. The zero-order chi connectivity index (χ0) is 14.4. The highest BCUT2D eigenvalue weighted by Crippen LogP contribution is 2.42. The van der Waals surface area contributed by atoms with Crippen molar-refractivity contribution in [1.29, 1.82) is 0 Å². The maximum atomic E-state index is 12.1. The summed E-state index contributed by atoms with van der Waals surface area (Å²) in [6, 6.07) is 6.40. The molecule has 0 unspecified atom stereocenters. The van der Waals surface area contributed by atoms with Gasteiger partial charge in [-0.15, -0.1) is 0 Å². The fourth-order valence-electron chi connectivity index (χ4n) is 3.77. The maximum Gasteiger partial charge on any atom is 0.227 e. The first-order chi connectivity index (χ1) is 10.3. The second-order valence-electron chi connectivity index (χ2n) is 5.78. The largest absolute Gasteiger partial charge is 0.312 e. The van der Waals surface area contributed by atoms with Crippen molar-refractivity contribution in [3.05, 3.63) is 47.3 Å². The molecule has 2 aliphatic heterocycles. The molecule has 0 spiro atoms. The van der Waals surface area contributed by atoms with Crippen LogP contribution in [0.5, 0.6) is 0 Å². The lowest BCUT2D eigenvalue weighted by Crippen LogP contribution is -2.33. The van der Waals surface area contributed by atoms with Crippen LogP contribution in [0.25, 0.3) is 11.1 Å². The van der Waals surface area contributed by atoms with E-state index >= 15 is 0 Å². The summed E-state index contributed by atoms with van der Waals surface area (Å²) in [5, 5.41) is 0. The van der Waals surface area contributed by atoms with E-state index in [1.807, 2.05) is 23.4 Å². The molecule has 3 heterocycles. The van der Waals surface area contributed by atoms with Crippen LogP contribution in [0, 0.1) is 0 Å². The summed E-state index contributed by atoms with van der Waals surface area (Å²) in [7, 11) is 0. The minimum absolute atomic E-state index is 0.289. The van der Waals surface area contributed by atoms with Crippen molar-refractivity contribution in [3.63, 3.8) is 0 Å². The van der Waals surface area contributed by atoms with E-state index in [0.717, 1.165) is 25.8 Å². The highest BCUT2D eigenvalue weighted by molar-refractivity contribution is 6.00. The van der Waals surface area contributed by atoms with Crippen LogP contribution in [0.15, 0.2) is 30.6 Å². The van der Waals surface area contributed by atoms with Gasteiger partial charge in [-0.1, -0.05) is 13.0 Å². The Labute approximate surface area is 124 Å². The zero-order valence-electron chi connectivity index (χ0n) is 12.2. The number of hydrogen-bond donors (Lipinski definition) is 0. The van der Waals surface area contributed by atoms with E-state index in [9.17, 15) is 4.79 Å². The molecule has 106 valence electrons. The Hall–Kier alpha value is -2.16. The predicted octanol–water partition coefficient (Wildman–Crippen LogP) is 3.15. The summed E-state index contributed by atoms with van der Waals surface area (Å²) in [6.45, 7) is 3.05. The second-order valence-corrected chi connectivity index (χ2v) is 5.78. The number of hydrogen-bond acceptors (Lipinski definition) is 2. The zero-order valence-corrected chi connectivity index (χ0v) is 12.2. The van der Waals surface area contributed by atoms with Gasteiger partial charge in [0, 0.05) is 30.9 Å². The predicted molar refractivity (Wildman–Crippen MR) is 83.4 cm³/mol. The number of benzene rings is 1. The van der Waals surface area contributed by atoms with Crippen LogP contribution in [0.1, 0.15) is 30.0 Å². The van der Waals surface area contributed by atoms with Crippen molar-refractivity contribution in [2.45, 2.75) is 32.6 Å². The van der Waals surface area contributed by atoms with E-state index < -0.39 is 0 Å². The number of amides is 1. The molecule has 0 radical (unpaired) electrons. The molecule has 0 atom stereocenters. The van der Waals surface area contributed by atoms with Crippen LogP contribution >= 0.6 is 0 Å². The molecule has 21 heavy (non-hydrogen) atoms. The fourth-order valence-corrected chi connectivity index (χ4v) is 3.77. The molecule has 2 aromatic rings. The molecule has 0 saturated carbocycles. The summed E-state index contributed by atoms with van der Waals surface area (Å²) in [5.74, 6) is 0.289. The van der Waals surface area contributed by atoms with Crippen LogP contribution in [0.2, 0.25) is 0 Å². The number of rotatable bonds is 2. The van der Waals surface area contributed by atoms with Crippen molar-refractivity contribution in [2.75, 3.05) is 11.4 Å². The molecule has 1 aromatic carbocycles. The molecule has 0 saturated heterocycles. The normalized spacial score (nSPS) is 16.2. The summed E-state index contributed by atoms with van der Waals surface area (Å²) >= 11 is 0. The Morgan fingerprint density at radius 1 is 1.29 bits per heavy atom. The van der Waals surface area contributed by atoms with Gasteiger partial charge < -0.3 is 4.90 Å². The van der Waals surface area contributed by atoms with Gasteiger partial charge >= 0.3 is 0 Å². The lowest BCUT2D eigenvalue weighted by molar-refractivity contribution is -0.118. The van der Waals surface area contributed by atoms with Gasteiger partial charge in [0.1, 0.15) is 0 Å². The van der Waals surface area contributed by atoms with E-state index in [1.165, 1.54) is 33.5 Å².